The first-order valence-electron chi connectivity index (χ1n) is 10.2. The number of anilines is 1. The molecular formula is C23H18F2N4O2. The lowest BCUT2D eigenvalue weighted by Crippen LogP contribution is -2.56. The Kier molecular flexibility index (Phi) is 3.81. The number of hydrogen-bond acceptors (Lipinski definition) is 4. The molecule has 1 N–H and O–H groups in total. The zero-order chi connectivity index (χ0) is 21.3. The quantitative estimate of drug-likeness (QED) is 0.476. The van der Waals surface area contributed by atoms with E-state index in [-0.39, 0.29) is 17.4 Å². The predicted octanol–water partition coefficient (Wildman–Crippen LogP) is 4.92. The second kappa shape index (κ2) is 6.47. The predicted molar refractivity (Wildman–Crippen MR) is 109 cm³/mol. The third kappa shape index (κ3) is 2.71. The molecule has 0 unspecified atom stereocenters. The van der Waals surface area contributed by atoms with E-state index in [0.29, 0.717) is 28.1 Å². The number of H-pyrrole nitrogens is 1. The number of β-lactam (4-membered cyclic amide) rings is 1. The number of benzene rings is 2. The Labute approximate surface area is 175 Å². The topological polar surface area (TPSA) is 75.0 Å². The average Bonchev–Trinajstić information content (AvgIpc) is 3.27. The molecule has 2 atom stereocenters. The van der Waals surface area contributed by atoms with E-state index in [4.69, 9.17) is 4.52 Å². The molecule has 1 aliphatic heterocycles. The average molecular weight is 420 g/mol. The summed E-state index contributed by atoms with van der Waals surface area (Å²) in [7, 11) is 0. The van der Waals surface area contributed by atoms with E-state index in [1.165, 1.54) is 23.2 Å². The molecule has 0 radical (unpaired) electrons. The zero-order valence-corrected chi connectivity index (χ0v) is 16.6. The summed E-state index contributed by atoms with van der Waals surface area (Å²) >= 11 is 0. The number of carbonyl (C=O) groups is 1. The van der Waals surface area contributed by atoms with Gasteiger partial charge in [0.15, 0.2) is 0 Å². The number of rotatable bonds is 4. The van der Waals surface area contributed by atoms with Gasteiger partial charge in [-0.05, 0) is 61.6 Å². The van der Waals surface area contributed by atoms with Crippen LogP contribution in [0.2, 0.25) is 0 Å². The van der Waals surface area contributed by atoms with Crippen molar-refractivity contribution in [2.75, 3.05) is 4.90 Å². The molecule has 3 heterocycles. The number of aromatic amines is 1. The van der Waals surface area contributed by atoms with Crippen LogP contribution in [-0.2, 0) is 4.79 Å². The van der Waals surface area contributed by atoms with Gasteiger partial charge in [-0.15, -0.1) is 0 Å². The highest BCUT2D eigenvalue weighted by Crippen LogP contribution is 2.55. The van der Waals surface area contributed by atoms with Gasteiger partial charge in [-0.25, -0.2) is 13.8 Å². The molecule has 1 amide bonds. The number of aryl methyl sites for hydroxylation is 1. The monoisotopic (exact) mass is 420 g/mol. The number of amides is 1. The van der Waals surface area contributed by atoms with Crippen LogP contribution in [0.3, 0.4) is 0 Å². The molecular weight excluding hydrogens is 402 g/mol. The number of fused-ring (bicyclic) bond motifs is 1. The smallest absolute Gasteiger partial charge is 0.233 e. The van der Waals surface area contributed by atoms with E-state index in [0.717, 1.165) is 18.4 Å². The van der Waals surface area contributed by atoms with E-state index < -0.39 is 23.6 Å². The molecule has 2 aromatic heterocycles. The number of nitrogens with one attached hydrogen (secondary N) is 1. The van der Waals surface area contributed by atoms with Crippen molar-refractivity contribution in [3.8, 4) is 11.1 Å². The number of imidazole rings is 1. The van der Waals surface area contributed by atoms with Gasteiger partial charge in [0.05, 0.1) is 35.5 Å². The fourth-order valence-electron chi connectivity index (χ4n) is 4.69. The van der Waals surface area contributed by atoms with Crippen LogP contribution in [0.4, 0.5) is 14.5 Å². The molecule has 1 saturated carbocycles. The summed E-state index contributed by atoms with van der Waals surface area (Å²) in [6.07, 6.45) is 4.82. The Hall–Kier alpha value is -3.55. The highest BCUT2D eigenvalue weighted by Gasteiger charge is 2.56. The molecule has 1 aliphatic carbocycles. The van der Waals surface area contributed by atoms with E-state index >= 15 is 8.78 Å². The van der Waals surface area contributed by atoms with Crippen LogP contribution in [0.5, 0.6) is 0 Å². The lowest BCUT2D eigenvalue weighted by molar-refractivity contribution is -0.131. The fraction of sp³-hybridized carbons (Fsp3) is 0.261. The normalized spacial score (nSPS) is 21.0. The lowest BCUT2D eigenvalue weighted by Gasteiger charge is -2.48. The first-order valence-corrected chi connectivity index (χ1v) is 10.2. The standard InChI is InChI=1S/C23H18F2N4O2/c1-11-15(9-28-31-11)13-6-16(24)21(17(25)7-13)22-20(12-2-3-12)23(30)29(22)14-4-5-18-19(8-14)27-10-26-18/h4-10,12,20,22H,2-3H2,1H3,(H,26,27)/t20-,22-/m1/s1. The number of hydrogen-bond donors (Lipinski definition) is 1. The molecule has 2 fully saturated rings. The molecule has 4 aromatic rings. The minimum atomic E-state index is -0.686. The van der Waals surface area contributed by atoms with E-state index in [1.807, 2.05) is 6.07 Å². The Bertz CT molecular complexity index is 1320. The van der Waals surface area contributed by atoms with E-state index in [2.05, 4.69) is 15.1 Å². The molecule has 6 nitrogen and oxygen atoms in total. The molecule has 8 heteroatoms. The van der Waals surface area contributed by atoms with Crippen LogP contribution in [0.25, 0.3) is 22.2 Å². The maximum absolute atomic E-state index is 15.3. The van der Waals surface area contributed by atoms with Gasteiger partial charge in [-0.3, -0.25) is 4.79 Å². The van der Waals surface area contributed by atoms with Gasteiger partial charge in [-0.1, -0.05) is 5.16 Å². The maximum Gasteiger partial charge on any atom is 0.233 e. The summed E-state index contributed by atoms with van der Waals surface area (Å²) in [4.78, 5) is 21.8. The number of halogens is 2. The summed E-state index contributed by atoms with van der Waals surface area (Å²) in [6.45, 7) is 1.69. The fourth-order valence-corrected chi connectivity index (χ4v) is 4.69. The van der Waals surface area contributed by atoms with E-state index in [9.17, 15) is 4.79 Å². The largest absolute Gasteiger partial charge is 0.361 e. The number of nitrogens with zero attached hydrogens (tertiary/aromatic N) is 3. The summed E-state index contributed by atoms with van der Waals surface area (Å²) in [5, 5.41) is 3.69. The molecule has 6 rings (SSSR count). The molecule has 2 aliphatic rings. The molecule has 31 heavy (non-hydrogen) atoms. The van der Waals surface area contributed by atoms with Gasteiger partial charge >= 0.3 is 0 Å². The molecule has 2 aromatic carbocycles. The molecule has 156 valence electrons. The Morgan fingerprint density at radius 2 is 1.94 bits per heavy atom. The molecule has 0 bridgehead atoms. The van der Waals surface area contributed by atoms with Crippen molar-refractivity contribution >= 4 is 22.6 Å². The zero-order valence-electron chi connectivity index (χ0n) is 16.6. The van der Waals surface area contributed by atoms with Gasteiger partial charge < -0.3 is 14.4 Å². The third-order valence-corrected chi connectivity index (χ3v) is 6.39. The first kappa shape index (κ1) is 18.2. The van der Waals surface area contributed by atoms with Crippen molar-refractivity contribution in [1.29, 1.82) is 0 Å². The third-order valence-electron chi connectivity index (χ3n) is 6.39. The van der Waals surface area contributed by atoms with Gasteiger partial charge in [0.2, 0.25) is 5.91 Å². The van der Waals surface area contributed by atoms with Crippen LogP contribution in [0, 0.1) is 30.4 Å². The number of aromatic nitrogens is 3. The molecule has 0 spiro atoms. The Morgan fingerprint density at radius 1 is 1.16 bits per heavy atom. The van der Waals surface area contributed by atoms with Crippen LogP contribution in [0.15, 0.2) is 47.4 Å². The number of carbonyl (C=O) groups excluding carboxylic acids is 1. The van der Waals surface area contributed by atoms with Gasteiger partial charge in [0.1, 0.15) is 17.4 Å². The van der Waals surface area contributed by atoms with Gasteiger partial charge in [-0.2, -0.15) is 0 Å². The van der Waals surface area contributed by atoms with Crippen LogP contribution >= 0.6 is 0 Å². The summed E-state index contributed by atoms with van der Waals surface area (Å²) in [6, 6.07) is 7.26. The first-order chi connectivity index (χ1) is 15.0. The van der Waals surface area contributed by atoms with Crippen LogP contribution in [-0.4, -0.2) is 21.0 Å². The van der Waals surface area contributed by atoms with E-state index in [1.54, 1.807) is 25.4 Å². The SMILES string of the molecule is Cc1oncc1-c1cc(F)c([C@H]2[C@@H](C3CC3)C(=O)N2c2ccc3[nH]cnc3c2)c(F)c1. The minimum Gasteiger partial charge on any atom is -0.361 e. The maximum atomic E-state index is 15.3. The molecule has 1 saturated heterocycles. The van der Waals surface area contributed by atoms with Crippen molar-refractivity contribution < 1.29 is 18.1 Å². The van der Waals surface area contributed by atoms with Crippen molar-refractivity contribution in [3.05, 3.63) is 65.8 Å². The van der Waals surface area contributed by atoms with Gasteiger partial charge in [0.25, 0.3) is 0 Å². The Balaban J connectivity index is 1.45. The van der Waals surface area contributed by atoms with Crippen molar-refractivity contribution in [2.45, 2.75) is 25.8 Å². The highest BCUT2D eigenvalue weighted by molar-refractivity contribution is 6.04. The van der Waals surface area contributed by atoms with Crippen molar-refractivity contribution in [3.63, 3.8) is 0 Å². The summed E-state index contributed by atoms with van der Waals surface area (Å²) in [5.41, 5.74) is 2.93. The lowest BCUT2D eigenvalue weighted by atomic mass is 9.78. The minimum absolute atomic E-state index is 0.0727. The van der Waals surface area contributed by atoms with Crippen LogP contribution in [0.1, 0.15) is 30.2 Å². The van der Waals surface area contributed by atoms with Gasteiger partial charge in [0, 0.05) is 16.8 Å². The summed E-state index contributed by atoms with van der Waals surface area (Å²) in [5.74, 6) is -1.21. The second-order valence-corrected chi connectivity index (χ2v) is 8.27. The Morgan fingerprint density at radius 3 is 2.61 bits per heavy atom. The summed E-state index contributed by atoms with van der Waals surface area (Å²) < 4.78 is 35.7. The highest BCUT2D eigenvalue weighted by atomic mass is 19.1. The second-order valence-electron chi connectivity index (χ2n) is 8.27. The van der Waals surface area contributed by atoms with Crippen molar-refractivity contribution in [1.82, 2.24) is 15.1 Å². The van der Waals surface area contributed by atoms with Crippen LogP contribution < -0.4 is 4.90 Å². The van der Waals surface area contributed by atoms with Crippen molar-refractivity contribution in [2.24, 2.45) is 11.8 Å².